The first-order chi connectivity index (χ1) is 9.75. The van der Waals surface area contributed by atoms with Crippen LogP contribution in [0.1, 0.15) is 35.0 Å². The van der Waals surface area contributed by atoms with Gasteiger partial charge in [0.25, 0.3) is 9.50 Å². The van der Waals surface area contributed by atoms with Gasteiger partial charge in [0.15, 0.2) is 11.4 Å². The molecule has 0 N–H and O–H groups in total. The van der Waals surface area contributed by atoms with Gasteiger partial charge in [-0.3, -0.25) is 0 Å². The van der Waals surface area contributed by atoms with Crippen molar-refractivity contribution < 1.29 is 9.13 Å². The van der Waals surface area contributed by atoms with Crippen molar-refractivity contribution in [1.82, 2.24) is 0 Å². The number of aromatic nitrogens is 2. The summed E-state index contributed by atoms with van der Waals surface area (Å²) in [6.45, 7) is 14.9. The van der Waals surface area contributed by atoms with Crippen molar-refractivity contribution in [2.45, 2.75) is 54.6 Å². The Balaban J connectivity index is 2.71. The summed E-state index contributed by atoms with van der Waals surface area (Å²) in [5, 5.41) is -2.14. The van der Waals surface area contributed by atoms with Crippen LogP contribution in [0.2, 0.25) is 0 Å². The summed E-state index contributed by atoms with van der Waals surface area (Å²) >= 11 is 15.7. The van der Waals surface area contributed by atoms with E-state index in [9.17, 15) is 0 Å². The number of hydrogen-bond acceptors (Lipinski definition) is 4. The van der Waals surface area contributed by atoms with E-state index >= 15 is 0 Å². The van der Waals surface area contributed by atoms with Crippen LogP contribution >= 0.6 is 27.9 Å². The fraction of sp³-hybridized carbons (Fsp3) is 0.571. The van der Waals surface area contributed by atoms with Crippen molar-refractivity contribution in [3.8, 4) is 0 Å². The predicted molar refractivity (Wildman–Crippen MR) is 100 cm³/mol. The van der Waals surface area contributed by atoms with E-state index < -0.39 is 5.24 Å². The van der Waals surface area contributed by atoms with Gasteiger partial charge in [-0.1, -0.05) is 34.5 Å². The molecule has 2 aromatic heterocycles. The lowest BCUT2D eigenvalue weighted by Gasteiger charge is -2.19. The highest BCUT2D eigenvalue weighted by Crippen LogP contribution is 2.43. The lowest BCUT2D eigenvalue weighted by molar-refractivity contribution is -0.681. The fourth-order valence-corrected chi connectivity index (χ4v) is 10.7. The van der Waals surface area contributed by atoms with E-state index in [2.05, 4.69) is 50.7 Å². The van der Waals surface area contributed by atoms with E-state index in [0.29, 0.717) is 0 Å². The Hall–Kier alpha value is 0.260. The predicted octanol–water partition coefficient (Wildman–Crippen LogP) is 2.55. The molecule has 0 saturated heterocycles. The second-order valence-corrected chi connectivity index (χ2v) is 14.0. The molecule has 0 amide bonds. The van der Waals surface area contributed by atoms with Gasteiger partial charge < -0.3 is 12.2 Å². The van der Waals surface area contributed by atoms with Gasteiger partial charge in [-0.2, -0.15) is 9.13 Å². The van der Waals surface area contributed by atoms with Crippen LogP contribution in [0, 0.1) is 27.7 Å². The quantitative estimate of drug-likeness (QED) is 0.460. The fourth-order valence-electron chi connectivity index (χ4n) is 2.46. The van der Waals surface area contributed by atoms with E-state index in [0.717, 1.165) is 13.1 Å². The van der Waals surface area contributed by atoms with Gasteiger partial charge in [-0.15, -0.1) is 0 Å². The van der Waals surface area contributed by atoms with E-state index in [-0.39, 0.29) is 0 Å². The van der Waals surface area contributed by atoms with Gasteiger partial charge in [0.05, 0.1) is 9.75 Å². The van der Waals surface area contributed by atoms with E-state index in [1.54, 1.807) is 22.7 Å². The second kappa shape index (κ2) is 6.40. The third-order valence-corrected chi connectivity index (χ3v) is 13.1. The molecule has 0 bridgehead atoms. The SMILES string of the molecule is CC[n+]1c(P(=S)([S-])c2sc(C)c(C)[n+]2CC)sc(C)c1C. The van der Waals surface area contributed by atoms with Crippen LogP contribution in [0.5, 0.6) is 0 Å². The highest BCUT2D eigenvalue weighted by Gasteiger charge is 2.34. The molecule has 7 heteroatoms. The molecule has 21 heavy (non-hydrogen) atoms. The molecule has 0 aliphatic carbocycles. The van der Waals surface area contributed by atoms with Gasteiger partial charge in [0.2, 0.25) is 0 Å². The highest BCUT2D eigenvalue weighted by atomic mass is 32.9. The van der Waals surface area contributed by atoms with Gasteiger partial charge in [0, 0.05) is 19.1 Å². The summed E-state index contributed by atoms with van der Waals surface area (Å²) in [6.07, 6.45) is 0. The maximum absolute atomic E-state index is 6.04. The molecular formula is C14H22N2PS4+. The Morgan fingerprint density at radius 3 is 1.52 bits per heavy atom. The van der Waals surface area contributed by atoms with Crippen LogP contribution in [0.3, 0.4) is 0 Å². The minimum absolute atomic E-state index is 0.940. The molecule has 2 rings (SSSR count). The minimum Gasteiger partial charge on any atom is -0.724 e. The Morgan fingerprint density at radius 2 is 1.24 bits per heavy atom. The van der Waals surface area contributed by atoms with E-state index in [4.69, 9.17) is 24.1 Å². The summed E-state index contributed by atoms with van der Waals surface area (Å²) in [5.41, 5.74) is 2.62. The van der Waals surface area contributed by atoms with Crippen molar-refractivity contribution in [3.05, 3.63) is 21.1 Å². The normalized spacial score (nSPS) is 12.1. The molecule has 0 spiro atoms. The van der Waals surface area contributed by atoms with Crippen LogP contribution in [0.25, 0.3) is 0 Å². The Morgan fingerprint density at radius 1 is 0.905 bits per heavy atom. The molecule has 0 unspecified atom stereocenters. The standard InChI is InChI=1S/C14H22N2PS4/c1-7-15-9(3)11(5)20-13(15)17(18,19)14-16(8-2)10(4)12(6)21-14/h7-8H2,1-6H3/q+1. The minimum atomic E-state index is -2.14. The Bertz CT molecular complexity index is 672. The van der Waals surface area contributed by atoms with Crippen molar-refractivity contribution in [2.75, 3.05) is 0 Å². The monoisotopic (exact) mass is 377 g/mol. The number of nitrogens with zero attached hydrogens (tertiary/aromatic N) is 2. The van der Waals surface area contributed by atoms with Crippen LogP contribution in [0.4, 0.5) is 0 Å². The van der Waals surface area contributed by atoms with Crippen LogP contribution in [-0.4, -0.2) is 0 Å². The van der Waals surface area contributed by atoms with Gasteiger partial charge in [0.1, 0.15) is 13.1 Å². The van der Waals surface area contributed by atoms with Crippen LogP contribution < -0.4 is 18.6 Å². The highest BCUT2D eigenvalue weighted by molar-refractivity contribution is 8.61. The lowest BCUT2D eigenvalue weighted by atomic mass is 10.4. The first-order valence-electron chi connectivity index (χ1n) is 7.07. The number of rotatable bonds is 4. The zero-order chi connectivity index (χ0) is 15.9. The van der Waals surface area contributed by atoms with Gasteiger partial charge in [-0.05, 0) is 27.7 Å². The van der Waals surface area contributed by atoms with Gasteiger partial charge >= 0.3 is 0 Å². The Labute approximate surface area is 146 Å². The van der Waals surface area contributed by atoms with Crippen LogP contribution in [-0.2, 0) is 37.1 Å². The lowest BCUT2D eigenvalue weighted by Crippen LogP contribution is -2.53. The van der Waals surface area contributed by atoms with Crippen LogP contribution in [0.15, 0.2) is 0 Å². The average molecular weight is 378 g/mol. The average Bonchev–Trinajstić information content (AvgIpc) is 2.89. The number of aryl methyl sites for hydroxylation is 2. The maximum Gasteiger partial charge on any atom is 0.255 e. The second-order valence-electron chi connectivity index (χ2n) is 5.09. The third kappa shape index (κ3) is 2.90. The molecule has 2 heterocycles. The summed E-state index contributed by atoms with van der Waals surface area (Å²) in [7, 11) is 0. The summed E-state index contributed by atoms with van der Waals surface area (Å²) < 4.78 is 7.10. The Kier molecular flexibility index (Phi) is 5.37. The number of hydrogen-bond donors (Lipinski definition) is 0. The molecule has 0 saturated carbocycles. The smallest absolute Gasteiger partial charge is 0.255 e. The third-order valence-electron chi connectivity index (χ3n) is 3.92. The van der Waals surface area contributed by atoms with E-state index in [1.807, 2.05) is 0 Å². The van der Waals surface area contributed by atoms with Crippen molar-refractivity contribution in [2.24, 2.45) is 0 Å². The molecule has 2 nitrogen and oxygen atoms in total. The summed E-state index contributed by atoms with van der Waals surface area (Å²) in [6, 6.07) is 0. The molecule has 0 radical (unpaired) electrons. The van der Waals surface area contributed by atoms with E-state index in [1.165, 1.54) is 30.6 Å². The molecule has 0 fully saturated rings. The van der Waals surface area contributed by atoms with Gasteiger partial charge in [-0.25, -0.2) is 0 Å². The maximum atomic E-state index is 6.04. The molecule has 0 aliphatic rings. The number of thiazole rings is 2. The first-order valence-corrected chi connectivity index (χ1v) is 12.5. The van der Waals surface area contributed by atoms with Crippen molar-refractivity contribution >= 4 is 61.5 Å². The molecular weight excluding hydrogens is 355 g/mol. The topological polar surface area (TPSA) is 7.76 Å². The van der Waals surface area contributed by atoms with Crippen molar-refractivity contribution in [1.29, 1.82) is 0 Å². The summed E-state index contributed by atoms with van der Waals surface area (Å²) in [4.78, 5) is 2.66. The molecule has 2 aromatic rings. The zero-order valence-electron chi connectivity index (χ0n) is 13.4. The molecule has 0 aromatic carbocycles. The summed E-state index contributed by atoms with van der Waals surface area (Å²) in [5.74, 6) is 0. The molecule has 0 aliphatic heterocycles. The molecule has 0 atom stereocenters. The van der Waals surface area contributed by atoms with Crippen molar-refractivity contribution in [3.63, 3.8) is 0 Å². The molecule has 116 valence electrons. The zero-order valence-corrected chi connectivity index (χ0v) is 17.5. The first kappa shape index (κ1) is 17.6. The largest absolute Gasteiger partial charge is 0.724 e.